The maximum absolute atomic E-state index is 14.6. The average Bonchev–Trinajstić information content (AvgIpc) is 2.78. The lowest BCUT2D eigenvalue weighted by Crippen LogP contribution is -2.37. The first-order valence-electron chi connectivity index (χ1n) is 11.5. The molecule has 5 heteroatoms. The van der Waals surface area contributed by atoms with Gasteiger partial charge in [0.1, 0.15) is 5.82 Å². The van der Waals surface area contributed by atoms with Crippen molar-refractivity contribution in [3.63, 3.8) is 0 Å². The topological polar surface area (TPSA) is 33.2 Å². The van der Waals surface area contributed by atoms with Gasteiger partial charge >= 0.3 is 0 Å². The first-order chi connectivity index (χ1) is 15.6. The van der Waals surface area contributed by atoms with Gasteiger partial charge in [0.15, 0.2) is 0 Å². The van der Waals surface area contributed by atoms with Crippen molar-refractivity contribution < 1.29 is 9.18 Å². The van der Waals surface area contributed by atoms with E-state index in [4.69, 9.17) is 11.6 Å². The number of rotatable bonds is 3. The van der Waals surface area contributed by atoms with E-state index >= 15 is 0 Å². The molecule has 3 aromatic rings. The fourth-order valence-corrected chi connectivity index (χ4v) is 4.50. The minimum atomic E-state index is -0.338. The highest BCUT2D eigenvalue weighted by Gasteiger charge is 2.22. The van der Waals surface area contributed by atoms with E-state index in [0.29, 0.717) is 27.6 Å². The van der Waals surface area contributed by atoms with E-state index in [9.17, 15) is 9.18 Å². The summed E-state index contributed by atoms with van der Waals surface area (Å²) in [4.78, 5) is 19.3. The molecular weight excluding hydrogens is 435 g/mol. The lowest BCUT2D eigenvalue weighted by Gasteiger charge is -2.30. The first-order valence-corrected chi connectivity index (χ1v) is 11.9. The SMILES string of the molecule is CC1CCN(C(=O)c2ccc(-c3cc(F)cc(-c4ccnc(C(C)(C)C)c4)c3)c(Cl)c2)CC1. The van der Waals surface area contributed by atoms with E-state index in [0.717, 1.165) is 42.8 Å². The van der Waals surface area contributed by atoms with Crippen molar-refractivity contribution >= 4 is 17.5 Å². The number of amides is 1. The van der Waals surface area contributed by atoms with Crippen LogP contribution >= 0.6 is 11.6 Å². The summed E-state index contributed by atoms with van der Waals surface area (Å²) in [5.74, 6) is 0.319. The van der Waals surface area contributed by atoms with Crippen LogP contribution in [-0.2, 0) is 5.41 Å². The van der Waals surface area contributed by atoms with Crippen LogP contribution in [0.3, 0.4) is 0 Å². The van der Waals surface area contributed by atoms with E-state index < -0.39 is 0 Å². The molecule has 0 spiro atoms. The van der Waals surface area contributed by atoms with Crippen LogP contribution < -0.4 is 0 Å². The zero-order valence-corrected chi connectivity index (χ0v) is 20.4. The van der Waals surface area contributed by atoms with Crippen molar-refractivity contribution in [3.05, 3.63) is 76.8 Å². The van der Waals surface area contributed by atoms with Gasteiger partial charge in [-0.15, -0.1) is 0 Å². The summed E-state index contributed by atoms with van der Waals surface area (Å²) >= 11 is 6.60. The normalized spacial score (nSPS) is 15.0. The third kappa shape index (κ3) is 5.27. The number of piperidine rings is 1. The molecule has 0 atom stereocenters. The molecule has 1 amide bonds. The summed E-state index contributed by atoms with van der Waals surface area (Å²) < 4.78 is 14.6. The largest absolute Gasteiger partial charge is 0.339 e. The number of carbonyl (C=O) groups is 1. The molecule has 3 nitrogen and oxygen atoms in total. The molecule has 0 radical (unpaired) electrons. The van der Waals surface area contributed by atoms with Crippen LogP contribution in [-0.4, -0.2) is 28.9 Å². The number of halogens is 2. The quantitative estimate of drug-likeness (QED) is 0.405. The Balaban J connectivity index is 1.65. The molecule has 4 rings (SSSR count). The molecular formula is C28H30ClFN2O. The van der Waals surface area contributed by atoms with Crippen molar-refractivity contribution in [2.45, 2.75) is 46.0 Å². The molecule has 33 heavy (non-hydrogen) atoms. The Labute approximate surface area is 200 Å². The van der Waals surface area contributed by atoms with Gasteiger partial charge in [0.25, 0.3) is 5.91 Å². The highest BCUT2D eigenvalue weighted by molar-refractivity contribution is 6.33. The van der Waals surface area contributed by atoms with Gasteiger partial charge in [-0.05, 0) is 77.9 Å². The number of nitrogens with zero attached hydrogens (tertiary/aromatic N) is 2. The number of hydrogen-bond donors (Lipinski definition) is 0. The monoisotopic (exact) mass is 464 g/mol. The molecule has 1 aliphatic rings. The van der Waals surface area contributed by atoms with Gasteiger partial charge in [-0.2, -0.15) is 0 Å². The van der Waals surface area contributed by atoms with Crippen molar-refractivity contribution in [1.29, 1.82) is 0 Å². The van der Waals surface area contributed by atoms with Gasteiger partial charge in [0.2, 0.25) is 0 Å². The number of pyridine rings is 1. The molecule has 2 aromatic carbocycles. The first kappa shape index (κ1) is 23.4. The van der Waals surface area contributed by atoms with Gasteiger partial charge in [0.05, 0.1) is 0 Å². The Bertz CT molecular complexity index is 1180. The Hall–Kier alpha value is -2.72. The zero-order valence-electron chi connectivity index (χ0n) is 19.7. The summed E-state index contributed by atoms with van der Waals surface area (Å²) in [6.45, 7) is 10.1. The lowest BCUT2D eigenvalue weighted by atomic mass is 9.89. The van der Waals surface area contributed by atoms with Gasteiger partial charge in [0, 0.05) is 46.5 Å². The molecule has 1 saturated heterocycles. The lowest BCUT2D eigenvalue weighted by molar-refractivity contribution is 0.0697. The Morgan fingerprint density at radius 2 is 1.70 bits per heavy atom. The van der Waals surface area contributed by atoms with Gasteiger partial charge in [-0.1, -0.05) is 45.4 Å². The van der Waals surface area contributed by atoms with Crippen LogP contribution in [0.1, 0.15) is 56.6 Å². The van der Waals surface area contributed by atoms with Crippen LogP contribution in [0.15, 0.2) is 54.7 Å². The molecule has 0 saturated carbocycles. The number of carbonyl (C=O) groups excluding carboxylic acids is 1. The van der Waals surface area contributed by atoms with Gasteiger partial charge in [-0.3, -0.25) is 9.78 Å². The van der Waals surface area contributed by atoms with Crippen molar-refractivity contribution in [2.75, 3.05) is 13.1 Å². The van der Waals surface area contributed by atoms with Crippen LogP contribution in [0, 0.1) is 11.7 Å². The predicted molar refractivity (Wildman–Crippen MR) is 133 cm³/mol. The van der Waals surface area contributed by atoms with E-state index in [2.05, 4.69) is 32.7 Å². The minimum Gasteiger partial charge on any atom is -0.339 e. The number of hydrogen-bond acceptors (Lipinski definition) is 2. The molecule has 172 valence electrons. The van der Waals surface area contributed by atoms with Gasteiger partial charge in [-0.25, -0.2) is 4.39 Å². The smallest absolute Gasteiger partial charge is 0.253 e. The van der Waals surface area contributed by atoms with E-state index in [-0.39, 0.29) is 17.1 Å². The summed E-state index contributed by atoms with van der Waals surface area (Å²) in [5, 5.41) is 0.438. The molecule has 0 aliphatic carbocycles. The molecule has 0 unspecified atom stereocenters. The third-order valence-corrected chi connectivity index (χ3v) is 6.67. The molecule has 0 N–H and O–H groups in total. The van der Waals surface area contributed by atoms with Gasteiger partial charge < -0.3 is 4.90 Å². The van der Waals surface area contributed by atoms with Crippen molar-refractivity contribution in [1.82, 2.24) is 9.88 Å². The average molecular weight is 465 g/mol. The fourth-order valence-electron chi connectivity index (χ4n) is 4.21. The van der Waals surface area contributed by atoms with Crippen molar-refractivity contribution in [2.24, 2.45) is 5.92 Å². The zero-order chi connectivity index (χ0) is 23.8. The standard InChI is InChI=1S/C28H30ClFN2O/c1-18-8-11-32(12-9-18)27(33)20-5-6-24(25(29)16-20)22-13-21(14-23(30)15-22)19-7-10-31-26(17-19)28(2,3)4/h5-7,10,13-18H,8-9,11-12H2,1-4H3. The highest BCUT2D eigenvalue weighted by atomic mass is 35.5. The number of likely N-dealkylation sites (tertiary alicyclic amines) is 1. The van der Waals surface area contributed by atoms with Crippen LogP contribution in [0.2, 0.25) is 5.02 Å². The molecule has 1 fully saturated rings. The van der Waals surface area contributed by atoms with E-state index in [1.165, 1.54) is 12.1 Å². The second-order valence-electron chi connectivity index (χ2n) is 10.1. The molecule has 1 aliphatic heterocycles. The Morgan fingerprint density at radius 1 is 1.00 bits per heavy atom. The third-order valence-electron chi connectivity index (χ3n) is 6.36. The van der Waals surface area contributed by atoms with Crippen LogP contribution in [0.4, 0.5) is 4.39 Å². The summed E-state index contributed by atoms with van der Waals surface area (Å²) in [6, 6.07) is 14.1. The Kier molecular flexibility index (Phi) is 6.58. The summed E-state index contributed by atoms with van der Waals surface area (Å²) in [7, 11) is 0. The molecule has 1 aromatic heterocycles. The highest BCUT2D eigenvalue weighted by Crippen LogP contribution is 2.34. The Morgan fingerprint density at radius 3 is 2.36 bits per heavy atom. The van der Waals surface area contributed by atoms with Crippen molar-refractivity contribution in [3.8, 4) is 22.3 Å². The maximum Gasteiger partial charge on any atom is 0.253 e. The molecule has 2 heterocycles. The van der Waals surface area contributed by atoms with E-state index in [1.54, 1.807) is 18.3 Å². The van der Waals surface area contributed by atoms with E-state index in [1.807, 2.05) is 29.2 Å². The summed E-state index contributed by atoms with van der Waals surface area (Å²) in [5.41, 5.74) is 4.44. The molecule has 0 bridgehead atoms. The number of aromatic nitrogens is 1. The maximum atomic E-state index is 14.6. The second kappa shape index (κ2) is 9.26. The van der Waals surface area contributed by atoms with Crippen LogP contribution in [0.25, 0.3) is 22.3 Å². The van der Waals surface area contributed by atoms with Crippen LogP contribution in [0.5, 0.6) is 0 Å². The summed E-state index contributed by atoms with van der Waals surface area (Å²) in [6.07, 6.45) is 3.81. The minimum absolute atomic E-state index is 0.00164. The second-order valence-corrected chi connectivity index (χ2v) is 10.5. The fraction of sp³-hybridized carbons (Fsp3) is 0.357. The number of benzene rings is 2. The predicted octanol–water partition coefficient (Wildman–Crippen LogP) is 7.38.